The summed E-state index contributed by atoms with van der Waals surface area (Å²) in [5.74, 6) is 0.615. The topological polar surface area (TPSA) is 47.6 Å². The summed E-state index contributed by atoms with van der Waals surface area (Å²) in [6.45, 7) is 5.89. The van der Waals surface area contributed by atoms with Crippen molar-refractivity contribution in [2.24, 2.45) is 5.92 Å². The van der Waals surface area contributed by atoms with E-state index in [9.17, 15) is 4.79 Å². The van der Waals surface area contributed by atoms with E-state index < -0.39 is 0 Å². The fourth-order valence-electron chi connectivity index (χ4n) is 2.03. The Kier molecular flexibility index (Phi) is 8.01. The van der Waals surface area contributed by atoms with Crippen LogP contribution in [-0.4, -0.2) is 38.9 Å². The third-order valence-electron chi connectivity index (χ3n) is 3.05. The number of hydrogen-bond donors (Lipinski definition) is 1. The van der Waals surface area contributed by atoms with Crippen molar-refractivity contribution in [3.8, 4) is 0 Å². The lowest BCUT2D eigenvalue weighted by Gasteiger charge is -2.21. The van der Waals surface area contributed by atoms with Crippen LogP contribution in [0.1, 0.15) is 39.0 Å². The highest BCUT2D eigenvalue weighted by Gasteiger charge is 2.14. The number of carbonyl (C=O) groups excluding carboxylic acids is 1. The van der Waals surface area contributed by atoms with E-state index in [1.807, 2.05) is 0 Å². The number of nitrogens with one attached hydrogen (secondary N) is 1. The van der Waals surface area contributed by atoms with Crippen LogP contribution in [0.2, 0.25) is 0 Å². The van der Waals surface area contributed by atoms with E-state index in [1.165, 1.54) is 12.8 Å². The Morgan fingerprint density at radius 2 is 2.00 bits per heavy atom. The predicted octanol–water partition coefficient (Wildman–Crippen LogP) is 1.74. The second-order valence-corrected chi connectivity index (χ2v) is 4.56. The SMILES string of the molecule is CCCOCCOC(=O)CCC1CCNCC1. The van der Waals surface area contributed by atoms with Gasteiger partial charge in [0.2, 0.25) is 0 Å². The zero-order valence-electron chi connectivity index (χ0n) is 10.9. The number of carbonyl (C=O) groups is 1. The molecule has 1 aliphatic heterocycles. The van der Waals surface area contributed by atoms with E-state index in [1.54, 1.807) is 0 Å². The number of ether oxygens (including phenoxy) is 2. The van der Waals surface area contributed by atoms with E-state index in [-0.39, 0.29) is 5.97 Å². The molecule has 0 aromatic heterocycles. The van der Waals surface area contributed by atoms with Gasteiger partial charge in [0.05, 0.1) is 6.61 Å². The van der Waals surface area contributed by atoms with Crippen LogP contribution in [0.25, 0.3) is 0 Å². The Bertz CT molecular complexity index is 203. The van der Waals surface area contributed by atoms with Crippen molar-refractivity contribution in [3.05, 3.63) is 0 Å². The van der Waals surface area contributed by atoms with E-state index in [0.717, 1.165) is 32.5 Å². The summed E-state index contributed by atoms with van der Waals surface area (Å²) in [7, 11) is 0. The average molecular weight is 243 g/mol. The summed E-state index contributed by atoms with van der Waals surface area (Å²) in [6, 6.07) is 0. The molecule has 0 spiro atoms. The summed E-state index contributed by atoms with van der Waals surface area (Å²) in [6.07, 6.45) is 4.90. The molecular weight excluding hydrogens is 218 g/mol. The second kappa shape index (κ2) is 9.42. The summed E-state index contributed by atoms with van der Waals surface area (Å²) < 4.78 is 10.3. The Morgan fingerprint density at radius 1 is 1.24 bits per heavy atom. The number of piperidine rings is 1. The smallest absolute Gasteiger partial charge is 0.305 e. The average Bonchev–Trinajstić information content (AvgIpc) is 2.37. The molecule has 0 radical (unpaired) electrons. The van der Waals surface area contributed by atoms with Gasteiger partial charge in [-0.2, -0.15) is 0 Å². The normalized spacial score (nSPS) is 17.0. The standard InChI is InChI=1S/C13H25NO3/c1-2-9-16-10-11-17-13(15)4-3-12-5-7-14-8-6-12/h12,14H,2-11H2,1H3. The van der Waals surface area contributed by atoms with Gasteiger partial charge >= 0.3 is 5.97 Å². The molecule has 0 unspecified atom stereocenters. The first-order valence-corrected chi connectivity index (χ1v) is 6.77. The molecule has 1 fully saturated rings. The van der Waals surface area contributed by atoms with E-state index in [4.69, 9.17) is 9.47 Å². The van der Waals surface area contributed by atoms with Gasteiger partial charge in [0.25, 0.3) is 0 Å². The van der Waals surface area contributed by atoms with Crippen LogP contribution in [0.4, 0.5) is 0 Å². The lowest BCUT2D eigenvalue weighted by Crippen LogP contribution is -2.28. The van der Waals surface area contributed by atoms with Crippen LogP contribution in [0, 0.1) is 5.92 Å². The minimum atomic E-state index is -0.0800. The van der Waals surface area contributed by atoms with Gasteiger partial charge in [-0.15, -0.1) is 0 Å². The largest absolute Gasteiger partial charge is 0.463 e. The van der Waals surface area contributed by atoms with Crippen LogP contribution in [0.5, 0.6) is 0 Å². The maximum Gasteiger partial charge on any atom is 0.305 e. The fraction of sp³-hybridized carbons (Fsp3) is 0.923. The van der Waals surface area contributed by atoms with Crippen molar-refractivity contribution >= 4 is 5.97 Å². The van der Waals surface area contributed by atoms with Gasteiger partial charge in [-0.05, 0) is 44.7 Å². The first kappa shape index (κ1) is 14.5. The van der Waals surface area contributed by atoms with Crippen molar-refractivity contribution in [2.75, 3.05) is 32.9 Å². The summed E-state index contributed by atoms with van der Waals surface area (Å²) in [5, 5.41) is 3.32. The maximum atomic E-state index is 11.4. The molecule has 1 heterocycles. The summed E-state index contributed by atoms with van der Waals surface area (Å²) in [5.41, 5.74) is 0. The van der Waals surface area contributed by atoms with Gasteiger partial charge < -0.3 is 14.8 Å². The highest BCUT2D eigenvalue weighted by Crippen LogP contribution is 2.17. The molecular formula is C13H25NO3. The van der Waals surface area contributed by atoms with Gasteiger partial charge in [0, 0.05) is 13.0 Å². The molecule has 0 saturated carbocycles. The molecule has 0 aliphatic carbocycles. The van der Waals surface area contributed by atoms with Crippen molar-refractivity contribution < 1.29 is 14.3 Å². The van der Waals surface area contributed by atoms with E-state index in [2.05, 4.69) is 12.2 Å². The number of rotatable bonds is 8. The molecule has 0 aromatic carbocycles. The first-order chi connectivity index (χ1) is 8.33. The molecule has 1 aliphatic rings. The van der Waals surface area contributed by atoms with Gasteiger partial charge in [0.15, 0.2) is 0 Å². The van der Waals surface area contributed by atoms with Crippen LogP contribution in [-0.2, 0) is 14.3 Å². The Balaban J connectivity index is 1.93. The lowest BCUT2D eigenvalue weighted by atomic mass is 9.93. The first-order valence-electron chi connectivity index (χ1n) is 6.77. The quantitative estimate of drug-likeness (QED) is 0.521. The molecule has 0 aromatic rings. The zero-order valence-corrected chi connectivity index (χ0v) is 10.9. The van der Waals surface area contributed by atoms with Crippen LogP contribution >= 0.6 is 0 Å². The molecule has 0 amide bonds. The third kappa shape index (κ3) is 7.34. The predicted molar refractivity (Wildman–Crippen MR) is 66.9 cm³/mol. The number of esters is 1. The van der Waals surface area contributed by atoms with Crippen molar-refractivity contribution in [3.63, 3.8) is 0 Å². The van der Waals surface area contributed by atoms with Crippen molar-refractivity contribution in [1.29, 1.82) is 0 Å². The van der Waals surface area contributed by atoms with Gasteiger partial charge in [-0.1, -0.05) is 6.92 Å². The minimum Gasteiger partial charge on any atom is -0.463 e. The third-order valence-corrected chi connectivity index (χ3v) is 3.05. The second-order valence-electron chi connectivity index (χ2n) is 4.56. The van der Waals surface area contributed by atoms with Gasteiger partial charge in [0.1, 0.15) is 6.61 Å². The summed E-state index contributed by atoms with van der Waals surface area (Å²) in [4.78, 5) is 11.4. The molecule has 4 nitrogen and oxygen atoms in total. The Hall–Kier alpha value is -0.610. The molecule has 4 heteroatoms. The summed E-state index contributed by atoms with van der Waals surface area (Å²) >= 11 is 0. The molecule has 100 valence electrons. The molecule has 0 atom stereocenters. The van der Waals surface area contributed by atoms with Gasteiger partial charge in [-0.25, -0.2) is 0 Å². The van der Waals surface area contributed by atoms with Crippen molar-refractivity contribution in [1.82, 2.24) is 5.32 Å². The molecule has 0 bridgehead atoms. The van der Waals surface area contributed by atoms with E-state index in [0.29, 0.717) is 25.6 Å². The Morgan fingerprint density at radius 3 is 2.71 bits per heavy atom. The highest BCUT2D eigenvalue weighted by molar-refractivity contribution is 5.69. The van der Waals surface area contributed by atoms with Crippen LogP contribution < -0.4 is 5.32 Å². The van der Waals surface area contributed by atoms with Crippen LogP contribution in [0.3, 0.4) is 0 Å². The molecule has 1 saturated heterocycles. The van der Waals surface area contributed by atoms with Gasteiger partial charge in [-0.3, -0.25) is 4.79 Å². The maximum absolute atomic E-state index is 11.4. The van der Waals surface area contributed by atoms with E-state index >= 15 is 0 Å². The monoisotopic (exact) mass is 243 g/mol. The Labute approximate surface area is 104 Å². The molecule has 1 N–H and O–H groups in total. The minimum absolute atomic E-state index is 0.0800. The molecule has 1 rings (SSSR count). The van der Waals surface area contributed by atoms with Crippen molar-refractivity contribution in [2.45, 2.75) is 39.0 Å². The lowest BCUT2D eigenvalue weighted by molar-refractivity contribution is -0.145. The zero-order chi connectivity index (χ0) is 12.3. The molecule has 17 heavy (non-hydrogen) atoms. The number of hydrogen-bond acceptors (Lipinski definition) is 4. The highest BCUT2D eigenvalue weighted by atomic mass is 16.6. The van der Waals surface area contributed by atoms with Crippen LogP contribution in [0.15, 0.2) is 0 Å². The fourth-order valence-corrected chi connectivity index (χ4v) is 2.03.